The first-order chi connectivity index (χ1) is 11.0. The Hall–Kier alpha value is -2.23. The monoisotopic (exact) mass is 317 g/mol. The summed E-state index contributed by atoms with van der Waals surface area (Å²) in [5, 5.41) is 2.87. The average molecular weight is 317 g/mol. The van der Waals surface area contributed by atoms with E-state index >= 15 is 0 Å². The van der Waals surface area contributed by atoms with Crippen molar-refractivity contribution in [3.05, 3.63) is 41.5 Å². The number of rotatable bonds is 8. The summed E-state index contributed by atoms with van der Waals surface area (Å²) in [7, 11) is 3.26. The van der Waals surface area contributed by atoms with Crippen molar-refractivity contribution in [2.75, 3.05) is 20.8 Å². The van der Waals surface area contributed by atoms with Gasteiger partial charge in [0, 0.05) is 24.3 Å². The molecule has 23 heavy (non-hydrogen) atoms. The van der Waals surface area contributed by atoms with E-state index in [0.29, 0.717) is 12.5 Å². The van der Waals surface area contributed by atoms with Gasteiger partial charge < -0.3 is 14.8 Å². The van der Waals surface area contributed by atoms with Crippen molar-refractivity contribution in [1.29, 1.82) is 0 Å². The van der Waals surface area contributed by atoms with E-state index in [1.165, 1.54) is 0 Å². The molecular weight excluding hydrogens is 290 g/mol. The molecule has 0 unspecified atom stereocenters. The van der Waals surface area contributed by atoms with Crippen molar-refractivity contribution in [2.24, 2.45) is 5.92 Å². The van der Waals surface area contributed by atoms with Gasteiger partial charge in [0.25, 0.3) is 0 Å². The van der Waals surface area contributed by atoms with E-state index in [2.05, 4.69) is 26.1 Å². The molecule has 4 heteroatoms. The minimum atomic E-state index is -0.0697. The summed E-state index contributed by atoms with van der Waals surface area (Å²) in [6.07, 6.45) is 6.26. The number of hydrogen-bond acceptors (Lipinski definition) is 3. The van der Waals surface area contributed by atoms with Crippen molar-refractivity contribution in [3.63, 3.8) is 0 Å². The molecule has 0 radical (unpaired) electrons. The van der Waals surface area contributed by atoms with E-state index in [1.54, 1.807) is 20.3 Å². The van der Waals surface area contributed by atoms with E-state index in [1.807, 2.05) is 30.4 Å². The molecule has 0 aliphatic rings. The van der Waals surface area contributed by atoms with Crippen LogP contribution < -0.4 is 14.8 Å². The summed E-state index contributed by atoms with van der Waals surface area (Å²) in [5.41, 5.74) is 2.01. The summed E-state index contributed by atoms with van der Waals surface area (Å²) in [5.74, 6) is 1.87. The summed E-state index contributed by atoms with van der Waals surface area (Å²) in [6, 6.07) is 5.68. The Morgan fingerprint density at radius 1 is 1.22 bits per heavy atom. The average Bonchev–Trinajstić information content (AvgIpc) is 2.56. The topological polar surface area (TPSA) is 47.6 Å². The summed E-state index contributed by atoms with van der Waals surface area (Å²) in [6.45, 7) is 6.87. The number of benzene rings is 1. The Kier molecular flexibility index (Phi) is 7.95. The maximum Gasteiger partial charge on any atom is 0.243 e. The van der Waals surface area contributed by atoms with E-state index in [4.69, 9.17) is 9.47 Å². The summed E-state index contributed by atoms with van der Waals surface area (Å²) in [4.78, 5) is 11.8. The second-order valence-electron chi connectivity index (χ2n) is 5.65. The molecule has 0 saturated carbocycles. The predicted octanol–water partition coefficient (Wildman–Crippen LogP) is 3.83. The molecule has 0 atom stereocenters. The van der Waals surface area contributed by atoms with Gasteiger partial charge in [-0.15, -0.1) is 0 Å². The van der Waals surface area contributed by atoms with Crippen molar-refractivity contribution in [2.45, 2.75) is 27.2 Å². The molecule has 1 aromatic rings. The molecule has 1 rings (SSSR count). The highest BCUT2D eigenvalue weighted by Gasteiger charge is 2.04. The fraction of sp³-hybridized carbons (Fsp3) is 0.421. The van der Waals surface area contributed by atoms with Gasteiger partial charge >= 0.3 is 0 Å². The Balaban J connectivity index is 2.88. The van der Waals surface area contributed by atoms with Crippen LogP contribution in [0.15, 0.2) is 35.9 Å². The van der Waals surface area contributed by atoms with Crippen LogP contribution in [0.2, 0.25) is 0 Å². The number of carbonyl (C=O) groups excluding carboxylic acids is 1. The number of carbonyl (C=O) groups is 1. The van der Waals surface area contributed by atoms with Crippen LogP contribution in [0.4, 0.5) is 0 Å². The van der Waals surface area contributed by atoms with Gasteiger partial charge in [-0.1, -0.05) is 26.8 Å². The molecule has 126 valence electrons. The molecule has 0 spiro atoms. The van der Waals surface area contributed by atoms with Crippen LogP contribution in [-0.4, -0.2) is 26.7 Å². The first-order valence-electron chi connectivity index (χ1n) is 7.88. The molecule has 1 aromatic carbocycles. The third-order valence-electron chi connectivity index (χ3n) is 3.32. The summed E-state index contributed by atoms with van der Waals surface area (Å²) < 4.78 is 10.6. The molecule has 0 fully saturated rings. The van der Waals surface area contributed by atoms with Crippen LogP contribution in [0.3, 0.4) is 0 Å². The highest BCUT2D eigenvalue weighted by atomic mass is 16.5. The van der Waals surface area contributed by atoms with Crippen LogP contribution in [0, 0.1) is 5.92 Å². The van der Waals surface area contributed by atoms with Crippen molar-refractivity contribution in [1.82, 2.24) is 5.32 Å². The van der Waals surface area contributed by atoms with Gasteiger partial charge in [0.2, 0.25) is 5.91 Å². The predicted molar refractivity (Wildman–Crippen MR) is 94.8 cm³/mol. The lowest BCUT2D eigenvalue weighted by atomic mass is 10.1. The first kappa shape index (κ1) is 18.8. The van der Waals surface area contributed by atoms with Gasteiger partial charge in [-0.25, -0.2) is 0 Å². The van der Waals surface area contributed by atoms with E-state index in [-0.39, 0.29) is 5.91 Å². The zero-order valence-electron chi connectivity index (χ0n) is 14.7. The second-order valence-corrected chi connectivity index (χ2v) is 5.65. The molecule has 0 heterocycles. The summed E-state index contributed by atoms with van der Waals surface area (Å²) >= 11 is 0. The molecular formula is C19H27NO3. The maximum absolute atomic E-state index is 11.8. The molecule has 0 aliphatic carbocycles. The van der Waals surface area contributed by atoms with Gasteiger partial charge in [-0.2, -0.15) is 0 Å². The largest absolute Gasteiger partial charge is 0.497 e. The molecule has 0 saturated heterocycles. The van der Waals surface area contributed by atoms with Crippen molar-refractivity contribution in [3.8, 4) is 11.5 Å². The lowest BCUT2D eigenvalue weighted by molar-refractivity contribution is -0.116. The van der Waals surface area contributed by atoms with Gasteiger partial charge in [0.05, 0.1) is 14.2 Å². The minimum Gasteiger partial charge on any atom is -0.497 e. The first-order valence-corrected chi connectivity index (χ1v) is 7.88. The molecule has 4 nitrogen and oxygen atoms in total. The molecule has 1 amide bonds. The second kappa shape index (κ2) is 9.72. The van der Waals surface area contributed by atoms with Crippen LogP contribution in [0.1, 0.15) is 32.8 Å². The van der Waals surface area contributed by atoms with E-state index in [0.717, 1.165) is 29.1 Å². The molecule has 0 bridgehead atoms. The van der Waals surface area contributed by atoms with Gasteiger partial charge in [-0.3, -0.25) is 4.79 Å². The Labute approximate surface area is 139 Å². The normalized spacial score (nSPS) is 11.8. The zero-order chi connectivity index (χ0) is 17.2. The van der Waals surface area contributed by atoms with Crippen LogP contribution in [0.5, 0.6) is 11.5 Å². The fourth-order valence-corrected chi connectivity index (χ4v) is 1.95. The standard InChI is InChI=1S/C19H27NO3/c1-6-15(7-10-19(21)20-13-14(2)3)11-16-8-9-17(22-4)12-18(16)23-5/h7-12,14H,6,13H2,1-5H3,(H,20,21)/b10-7+,15-11+. The minimum absolute atomic E-state index is 0.0697. The van der Waals surface area contributed by atoms with Crippen LogP contribution in [0.25, 0.3) is 6.08 Å². The zero-order valence-corrected chi connectivity index (χ0v) is 14.7. The number of methoxy groups -OCH3 is 2. The molecule has 0 aliphatic heterocycles. The number of hydrogen-bond donors (Lipinski definition) is 1. The third kappa shape index (κ3) is 6.59. The quantitative estimate of drug-likeness (QED) is 0.585. The highest BCUT2D eigenvalue weighted by molar-refractivity contribution is 5.88. The fourth-order valence-electron chi connectivity index (χ4n) is 1.95. The third-order valence-corrected chi connectivity index (χ3v) is 3.32. The molecule has 1 N–H and O–H groups in total. The number of amides is 1. The Morgan fingerprint density at radius 3 is 2.52 bits per heavy atom. The molecule has 0 aromatic heterocycles. The Bertz CT molecular complexity index is 574. The Morgan fingerprint density at radius 2 is 1.96 bits per heavy atom. The SMILES string of the molecule is CCC(/C=C/C(=O)NCC(C)C)=C\c1ccc(OC)cc1OC. The lowest BCUT2D eigenvalue weighted by Gasteiger charge is -2.08. The van der Waals surface area contributed by atoms with E-state index < -0.39 is 0 Å². The number of nitrogens with one attached hydrogen (secondary N) is 1. The van der Waals surface area contributed by atoms with Crippen molar-refractivity contribution < 1.29 is 14.3 Å². The lowest BCUT2D eigenvalue weighted by Crippen LogP contribution is -2.25. The van der Waals surface area contributed by atoms with Crippen LogP contribution in [-0.2, 0) is 4.79 Å². The van der Waals surface area contributed by atoms with Gasteiger partial charge in [0.15, 0.2) is 0 Å². The smallest absolute Gasteiger partial charge is 0.243 e. The van der Waals surface area contributed by atoms with Crippen LogP contribution >= 0.6 is 0 Å². The maximum atomic E-state index is 11.8. The van der Waals surface area contributed by atoms with Gasteiger partial charge in [-0.05, 0) is 36.1 Å². The number of allylic oxidation sites excluding steroid dienone is 2. The number of ether oxygens (including phenoxy) is 2. The van der Waals surface area contributed by atoms with Crippen molar-refractivity contribution >= 4 is 12.0 Å². The highest BCUT2D eigenvalue weighted by Crippen LogP contribution is 2.27. The van der Waals surface area contributed by atoms with E-state index in [9.17, 15) is 4.79 Å². The van der Waals surface area contributed by atoms with Gasteiger partial charge in [0.1, 0.15) is 11.5 Å².